The first-order valence-electron chi connectivity index (χ1n) is 8.86. The van der Waals surface area contributed by atoms with E-state index in [1.165, 1.54) is 22.3 Å². The van der Waals surface area contributed by atoms with Crippen LogP contribution in [0.1, 0.15) is 52.7 Å². The molecule has 24 heavy (non-hydrogen) atoms. The predicted molar refractivity (Wildman–Crippen MR) is 102 cm³/mol. The fourth-order valence-corrected chi connectivity index (χ4v) is 3.65. The van der Waals surface area contributed by atoms with Crippen molar-refractivity contribution in [3.63, 3.8) is 0 Å². The lowest BCUT2D eigenvalue weighted by molar-refractivity contribution is 0.139. The highest BCUT2D eigenvalue weighted by atomic mass is 16.6. The molecule has 0 spiro atoms. The van der Waals surface area contributed by atoms with Gasteiger partial charge >= 0.3 is 7.12 Å². The quantitative estimate of drug-likeness (QED) is 0.753. The molecule has 0 radical (unpaired) electrons. The van der Waals surface area contributed by atoms with Crippen LogP contribution in [0.5, 0.6) is 0 Å². The highest BCUT2D eigenvalue weighted by Crippen LogP contribution is 2.47. The average Bonchev–Trinajstić information content (AvgIpc) is 2.75. The molecule has 0 heterocycles. The molecule has 2 nitrogen and oxygen atoms in total. The molecule has 2 aromatic carbocycles. The Morgan fingerprint density at radius 2 is 1.38 bits per heavy atom. The predicted octanol–water partition coefficient (Wildman–Crippen LogP) is 4.54. The summed E-state index contributed by atoms with van der Waals surface area (Å²) in [6.07, 6.45) is 0.212. The highest BCUT2D eigenvalue weighted by molar-refractivity contribution is 6.63. The first kappa shape index (κ1) is 17.3. The Kier molecular flexibility index (Phi) is 4.59. The van der Waals surface area contributed by atoms with E-state index < -0.39 is 0 Å². The monoisotopic (exact) mass is 322 g/mol. The van der Waals surface area contributed by atoms with E-state index in [0.717, 1.165) is 5.46 Å². The molecule has 0 fully saturated rings. The van der Waals surface area contributed by atoms with Crippen molar-refractivity contribution in [1.29, 1.82) is 0 Å². The van der Waals surface area contributed by atoms with Crippen molar-refractivity contribution in [2.75, 3.05) is 0 Å². The number of fused-ring (bicyclic) bond motifs is 3. The van der Waals surface area contributed by atoms with Crippen LogP contribution in [-0.2, 0) is 14.7 Å². The van der Waals surface area contributed by atoms with Crippen LogP contribution in [0.15, 0.2) is 42.5 Å². The molecule has 1 aliphatic rings. The molecule has 126 valence electrons. The number of hydrogen-bond donors (Lipinski definition) is 0. The van der Waals surface area contributed by atoms with Gasteiger partial charge in [-0.3, -0.25) is 0 Å². The Bertz CT molecular complexity index is 724. The van der Waals surface area contributed by atoms with E-state index >= 15 is 0 Å². The first-order valence-corrected chi connectivity index (χ1v) is 8.86. The lowest BCUT2D eigenvalue weighted by Gasteiger charge is -2.24. The van der Waals surface area contributed by atoms with Crippen molar-refractivity contribution in [1.82, 2.24) is 0 Å². The van der Waals surface area contributed by atoms with Crippen LogP contribution in [0.4, 0.5) is 0 Å². The van der Waals surface area contributed by atoms with Gasteiger partial charge in [0.15, 0.2) is 0 Å². The second-order valence-corrected chi connectivity index (χ2v) is 7.64. The van der Waals surface area contributed by atoms with Crippen molar-refractivity contribution < 1.29 is 9.31 Å². The molecular weight excluding hydrogens is 295 g/mol. The van der Waals surface area contributed by atoms with E-state index in [9.17, 15) is 0 Å². The molecule has 3 rings (SSSR count). The molecule has 1 aliphatic carbocycles. The van der Waals surface area contributed by atoms with Crippen molar-refractivity contribution in [3.8, 4) is 11.1 Å². The number of benzene rings is 2. The molecule has 0 saturated heterocycles. The van der Waals surface area contributed by atoms with E-state index in [2.05, 4.69) is 84.0 Å². The fourth-order valence-electron chi connectivity index (χ4n) is 3.65. The van der Waals surface area contributed by atoms with Crippen molar-refractivity contribution in [3.05, 3.63) is 53.6 Å². The zero-order valence-corrected chi connectivity index (χ0v) is 15.6. The maximum Gasteiger partial charge on any atom is 0.494 e. The van der Waals surface area contributed by atoms with Gasteiger partial charge in [0.25, 0.3) is 0 Å². The van der Waals surface area contributed by atoms with Crippen LogP contribution >= 0.6 is 0 Å². The van der Waals surface area contributed by atoms with Crippen molar-refractivity contribution >= 4 is 12.6 Å². The summed E-state index contributed by atoms with van der Waals surface area (Å²) < 4.78 is 12.3. The minimum absolute atomic E-state index is 0.00213. The van der Waals surface area contributed by atoms with Crippen LogP contribution in [0, 0.1) is 0 Å². The van der Waals surface area contributed by atoms with Crippen LogP contribution < -0.4 is 5.46 Å². The Hall–Kier alpha value is -1.58. The highest BCUT2D eigenvalue weighted by Gasteiger charge is 2.39. The minimum Gasteiger partial charge on any atom is -0.405 e. The normalized spacial score (nSPS) is 14.8. The molecule has 2 aromatic rings. The average molecular weight is 322 g/mol. The summed E-state index contributed by atoms with van der Waals surface area (Å²) >= 11 is 0. The van der Waals surface area contributed by atoms with Gasteiger partial charge in [-0.05, 0) is 55.4 Å². The summed E-state index contributed by atoms with van der Waals surface area (Å²) in [7, 11) is -0.345. The smallest absolute Gasteiger partial charge is 0.405 e. The largest absolute Gasteiger partial charge is 0.494 e. The molecule has 0 amide bonds. The molecule has 3 heteroatoms. The summed E-state index contributed by atoms with van der Waals surface area (Å²) in [5.41, 5.74) is 6.45. The maximum absolute atomic E-state index is 6.13. The molecule has 0 unspecified atom stereocenters. The maximum atomic E-state index is 6.13. The zero-order chi connectivity index (χ0) is 17.5. The summed E-state index contributed by atoms with van der Waals surface area (Å²) in [4.78, 5) is 0. The number of rotatable bonds is 5. The van der Waals surface area contributed by atoms with Gasteiger partial charge in [-0.25, -0.2) is 0 Å². The standard InChI is InChI=1S/C21H27BO2/c1-14(2)23-22(24-15(3)4)19-13-9-12-18-20(19)16-10-7-8-11-17(16)21(18,5)6/h7-15H,1-6H3. The van der Waals surface area contributed by atoms with Gasteiger partial charge in [-0.2, -0.15) is 0 Å². The van der Waals surface area contributed by atoms with Gasteiger partial charge in [0, 0.05) is 17.6 Å². The Morgan fingerprint density at radius 1 is 0.792 bits per heavy atom. The van der Waals surface area contributed by atoms with Crippen molar-refractivity contribution in [2.24, 2.45) is 0 Å². The first-order chi connectivity index (χ1) is 11.3. The molecule has 0 N–H and O–H groups in total. The van der Waals surface area contributed by atoms with Crippen LogP contribution in [0.25, 0.3) is 11.1 Å². The van der Waals surface area contributed by atoms with E-state index in [1.807, 2.05) is 0 Å². The minimum atomic E-state index is -0.345. The van der Waals surface area contributed by atoms with E-state index in [4.69, 9.17) is 9.31 Å². The molecule has 0 aliphatic heterocycles. The Morgan fingerprint density at radius 3 is 2.00 bits per heavy atom. The Balaban J connectivity index is 2.18. The molecule has 0 aromatic heterocycles. The van der Waals surface area contributed by atoms with E-state index in [0.29, 0.717) is 0 Å². The van der Waals surface area contributed by atoms with Crippen LogP contribution in [-0.4, -0.2) is 19.3 Å². The van der Waals surface area contributed by atoms with Gasteiger partial charge in [-0.1, -0.05) is 56.3 Å². The molecule has 0 atom stereocenters. The van der Waals surface area contributed by atoms with Gasteiger partial charge < -0.3 is 9.31 Å². The topological polar surface area (TPSA) is 18.5 Å². The van der Waals surface area contributed by atoms with Gasteiger partial charge in [-0.15, -0.1) is 0 Å². The third-order valence-electron chi connectivity index (χ3n) is 4.69. The zero-order valence-electron chi connectivity index (χ0n) is 15.6. The van der Waals surface area contributed by atoms with Gasteiger partial charge in [0.2, 0.25) is 0 Å². The van der Waals surface area contributed by atoms with Crippen molar-refractivity contribution in [2.45, 2.75) is 59.2 Å². The van der Waals surface area contributed by atoms with Crippen LogP contribution in [0.2, 0.25) is 0 Å². The molecular formula is C21H27BO2. The second kappa shape index (κ2) is 6.38. The molecule has 0 bridgehead atoms. The summed E-state index contributed by atoms with van der Waals surface area (Å²) in [6.45, 7) is 12.8. The van der Waals surface area contributed by atoms with E-state index in [-0.39, 0.29) is 24.7 Å². The van der Waals surface area contributed by atoms with Gasteiger partial charge in [0.1, 0.15) is 0 Å². The second-order valence-electron chi connectivity index (χ2n) is 7.64. The SMILES string of the molecule is CC(C)OB(OC(C)C)c1cccc2c1-c1ccccc1C2(C)C. The summed E-state index contributed by atoms with van der Waals surface area (Å²) in [6, 6.07) is 15.2. The third kappa shape index (κ3) is 2.91. The fraction of sp³-hybridized carbons (Fsp3) is 0.429. The van der Waals surface area contributed by atoms with Gasteiger partial charge in [0.05, 0.1) is 0 Å². The van der Waals surface area contributed by atoms with Crippen LogP contribution in [0.3, 0.4) is 0 Å². The Labute approximate surface area is 146 Å². The molecule has 0 saturated carbocycles. The lowest BCUT2D eigenvalue weighted by atomic mass is 9.72. The number of hydrogen-bond acceptors (Lipinski definition) is 2. The van der Waals surface area contributed by atoms with E-state index in [1.54, 1.807) is 0 Å². The summed E-state index contributed by atoms with van der Waals surface area (Å²) in [5, 5.41) is 0. The third-order valence-corrected chi connectivity index (χ3v) is 4.69. The summed E-state index contributed by atoms with van der Waals surface area (Å²) in [5.74, 6) is 0. The lowest BCUT2D eigenvalue weighted by Crippen LogP contribution is -2.42.